The molecule has 0 nitrogen and oxygen atoms in total. The van der Waals surface area contributed by atoms with Crippen molar-refractivity contribution in [1.29, 1.82) is 0 Å². The van der Waals surface area contributed by atoms with Gasteiger partial charge >= 0.3 is 64.1 Å². The Labute approximate surface area is 326 Å². The molecule has 4 rings (SSSR count). The first kappa shape index (κ1) is 57.1. The summed E-state index contributed by atoms with van der Waals surface area (Å²) >= 11 is -0.826. The molecule has 6 heteroatoms. The van der Waals surface area contributed by atoms with Crippen molar-refractivity contribution >= 4 is 17.0 Å². The topological polar surface area (TPSA) is 0 Å². The van der Waals surface area contributed by atoms with Gasteiger partial charge in [0.05, 0.1) is 0 Å². The van der Waals surface area contributed by atoms with Gasteiger partial charge in [-0.15, -0.1) is 13.3 Å². The molecule has 0 N–H and O–H groups in total. The summed E-state index contributed by atoms with van der Waals surface area (Å²) in [6, 6.07) is 0. The standard InChI is InChI=1S/C20H30.C10H15.C5H5.3CH3.4ClH.2Zr/c1-11-13(3)17(19(7,8)15(11)5)18-14(4)12(2)16(6)20(18,9)10;1-7-6-10(4,5)9(3)8(7)2;1-2-4-5-3-1;;;;;;;;;/h1-10H3;1-5H3;1-3H,4H2;3*1H3;4*1H;;/q;5*-1;;;;;+2;+3/p-4. The first-order valence-corrected chi connectivity index (χ1v) is 19.9. The van der Waals surface area contributed by atoms with E-state index in [0.717, 1.165) is 6.42 Å². The normalized spacial score (nSPS) is 19.2. The molecule has 4 aliphatic rings. The molecular weight excluding hydrogens is 781 g/mol. The van der Waals surface area contributed by atoms with E-state index in [4.69, 9.17) is 17.0 Å². The molecule has 0 heterocycles. The van der Waals surface area contributed by atoms with Gasteiger partial charge in [0.25, 0.3) is 0 Å². The Morgan fingerprint density at radius 2 is 0.955 bits per heavy atom. The van der Waals surface area contributed by atoms with Crippen LogP contribution in [0.5, 0.6) is 0 Å². The average Bonchev–Trinajstić information content (AvgIpc) is 3.54. The van der Waals surface area contributed by atoms with Crippen molar-refractivity contribution in [2.24, 2.45) is 16.2 Å². The molecule has 0 aromatic heterocycles. The zero-order valence-corrected chi connectivity index (χ0v) is 38.9. The van der Waals surface area contributed by atoms with Gasteiger partial charge in [0.15, 0.2) is 0 Å². The van der Waals surface area contributed by atoms with Crippen molar-refractivity contribution in [3.8, 4) is 0 Å². The second-order valence-electron chi connectivity index (χ2n) is 12.4. The fourth-order valence-electron chi connectivity index (χ4n) is 5.93. The molecule has 0 atom stereocenters. The van der Waals surface area contributed by atoms with E-state index in [1.807, 2.05) is 12.2 Å². The van der Waals surface area contributed by atoms with E-state index < -0.39 is 20.8 Å². The summed E-state index contributed by atoms with van der Waals surface area (Å²) in [5.74, 6) is 0. The van der Waals surface area contributed by atoms with E-state index in [-0.39, 0.29) is 89.5 Å². The molecule has 1 radical (unpaired) electrons. The second kappa shape index (κ2) is 23.2. The largest absolute Gasteiger partial charge is 3.00 e. The predicted octanol–water partition coefficient (Wildman–Crippen LogP) is 7.52. The zero-order valence-electron chi connectivity index (χ0n) is 31.0. The van der Waals surface area contributed by atoms with E-state index in [2.05, 4.69) is 122 Å². The van der Waals surface area contributed by atoms with Crippen LogP contribution >= 0.6 is 17.0 Å². The predicted molar refractivity (Wildman–Crippen MR) is 187 cm³/mol. The zero-order chi connectivity index (χ0) is 29.8. The quantitative estimate of drug-likeness (QED) is 0.240. The van der Waals surface area contributed by atoms with Crippen LogP contribution in [0.1, 0.15) is 110 Å². The van der Waals surface area contributed by atoms with Crippen LogP contribution in [0.3, 0.4) is 0 Å². The number of rotatable bonds is 1. The molecule has 0 saturated carbocycles. The van der Waals surface area contributed by atoms with E-state index in [0.29, 0.717) is 0 Å². The van der Waals surface area contributed by atoms with Gasteiger partial charge in [-0.2, -0.15) is 17.2 Å². The summed E-state index contributed by atoms with van der Waals surface area (Å²) in [5.41, 5.74) is 16.9. The van der Waals surface area contributed by atoms with Crippen LogP contribution in [0.2, 0.25) is 0 Å². The van der Waals surface area contributed by atoms with E-state index >= 15 is 0 Å². The van der Waals surface area contributed by atoms with Crippen LogP contribution in [0.4, 0.5) is 0 Å². The molecule has 0 saturated heterocycles. The fraction of sp³-hybridized carbons (Fsp3) is 0.500. The molecular formula is C38H59Cl4Zr2-4. The number of allylic oxidation sites excluding steroid dienone is 16. The van der Waals surface area contributed by atoms with Crippen LogP contribution in [-0.2, 0) is 47.1 Å². The summed E-state index contributed by atoms with van der Waals surface area (Å²) in [7, 11) is 9.87. The molecule has 0 fully saturated rings. The Kier molecular flexibility index (Phi) is 30.2. The molecule has 0 aliphatic heterocycles. The smallest absolute Gasteiger partial charge is 3.00 e. The van der Waals surface area contributed by atoms with Crippen LogP contribution < -0.4 is 24.8 Å². The Hall–Kier alpha value is 0.846. The molecule has 0 bridgehead atoms. The summed E-state index contributed by atoms with van der Waals surface area (Å²) in [4.78, 5) is 0. The van der Waals surface area contributed by atoms with Crippen LogP contribution in [0.15, 0.2) is 79.5 Å². The third-order valence-corrected chi connectivity index (χ3v) is 9.52. The Morgan fingerprint density at radius 1 is 0.614 bits per heavy atom. The summed E-state index contributed by atoms with van der Waals surface area (Å²) < 4.78 is 0. The van der Waals surface area contributed by atoms with Gasteiger partial charge in [0.2, 0.25) is 0 Å². The number of halogens is 4. The van der Waals surface area contributed by atoms with Crippen LogP contribution in [-0.4, -0.2) is 0 Å². The average molecular weight is 840 g/mol. The van der Waals surface area contributed by atoms with E-state index in [9.17, 15) is 0 Å². The number of hydrogen-bond donors (Lipinski definition) is 0. The molecule has 0 spiro atoms. The molecule has 0 unspecified atom stereocenters. The molecule has 4 aliphatic carbocycles. The maximum Gasteiger partial charge on any atom is 3.00 e. The Bertz CT molecular complexity index is 1120. The van der Waals surface area contributed by atoms with Crippen molar-refractivity contribution in [1.82, 2.24) is 0 Å². The van der Waals surface area contributed by atoms with Gasteiger partial charge < -0.3 is 47.1 Å². The van der Waals surface area contributed by atoms with Gasteiger partial charge in [-0.3, -0.25) is 12.2 Å². The first-order valence-electron chi connectivity index (χ1n) is 13.6. The maximum atomic E-state index is 4.93. The van der Waals surface area contributed by atoms with Gasteiger partial charge in [-0.05, 0) is 75.0 Å². The molecule has 0 amide bonds. The van der Waals surface area contributed by atoms with Gasteiger partial charge in [0, 0.05) is 10.8 Å². The van der Waals surface area contributed by atoms with E-state index in [1.165, 1.54) is 50.2 Å². The van der Waals surface area contributed by atoms with Crippen molar-refractivity contribution in [2.75, 3.05) is 0 Å². The summed E-state index contributed by atoms with van der Waals surface area (Å²) in [5, 5.41) is 0. The fourth-order valence-corrected chi connectivity index (χ4v) is 5.93. The SMILES string of the molecule is CC1=C(C)C(C)(C)C(C2=C(C)C(C)=C(C)C2(C)C)=C1C.CC1=[C-]C(C)(C)C(C)=C1C.[C-]1=CC=CC1.[CH3-].[CH3-].[CH3-].[Cl-].[Cl-].[Cl][Zr][Cl].[Zr+3]. The number of hydrogen-bond acceptors (Lipinski definition) is 0. The summed E-state index contributed by atoms with van der Waals surface area (Å²) in [6.45, 7) is 34.2. The van der Waals surface area contributed by atoms with Crippen molar-refractivity contribution in [2.45, 2.75) is 110 Å². The molecule has 44 heavy (non-hydrogen) atoms. The van der Waals surface area contributed by atoms with Crippen molar-refractivity contribution < 1.29 is 71.9 Å². The van der Waals surface area contributed by atoms with Gasteiger partial charge in [-0.25, -0.2) is 17.7 Å². The Balaban J connectivity index is -0.000000128. The Morgan fingerprint density at radius 3 is 1.07 bits per heavy atom. The monoisotopic (exact) mass is 835 g/mol. The van der Waals surface area contributed by atoms with Crippen LogP contribution in [0, 0.1) is 50.7 Å². The third-order valence-electron chi connectivity index (χ3n) is 9.52. The van der Waals surface area contributed by atoms with Gasteiger partial charge in [-0.1, -0.05) is 72.0 Å². The van der Waals surface area contributed by atoms with E-state index in [1.54, 1.807) is 11.1 Å². The maximum absolute atomic E-state index is 4.93. The third kappa shape index (κ3) is 12.7. The minimum Gasteiger partial charge on any atom is 3.00 e. The molecule has 0 aromatic rings. The molecule has 251 valence electrons. The van der Waals surface area contributed by atoms with Crippen molar-refractivity contribution in [3.63, 3.8) is 0 Å². The second-order valence-corrected chi connectivity index (χ2v) is 16.2. The van der Waals surface area contributed by atoms with Crippen LogP contribution in [0.25, 0.3) is 0 Å². The summed E-state index contributed by atoms with van der Waals surface area (Å²) in [6.07, 6.45) is 13.4. The minimum atomic E-state index is -0.826. The minimum absolute atomic E-state index is 0. The van der Waals surface area contributed by atoms with Crippen molar-refractivity contribution in [3.05, 3.63) is 114 Å². The van der Waals surface area contributed by atoms with Gasteiger partial charge in [0.1, 0.15) is 0 Å². The first-order chi connectivity index (χ1) is 17.3. The molecule has 0 aromatic carbocycles.